The highest BCUT2D eigenvalue weighted by atomic mass is 16.6. The summed E-state index contributed by atoms with van der Waals surface area (Å²) < 4.78 is 16.8. The van der Waals surface area contributed by atoms with Gasteiger partial charge < -0.3 is 14.2 Å². The van der Waals surface area contributed by atoms with Crippen molar-refractivity contribution in [2.24, 2.45) is 0 Å². The van der Waals surface area contributed by atoms with Crippen molar-refractivity contribution in [3.05, 3.63) is 90.0 Å². The SMILES string of the molecule is CCOC(=O)CC1(c2ccc(OCc3ccc(-c4ccccc4)cc3)cc2)OC1C. The van der Waals surface area contributed by atoms with Crippen molar-refractivity contribution >= 4 is 5.97 Å². The second-order valence-corrected chi connectivity index (χ2v) is 7.51. The number of carbonyl (C=O) groups excluding carboxylic acids is 1. The van der Waals surface area contributed by atoms with Crippen molar-refractivity contribution in [3.63, 3.8) is 0 Å². The third kappa shape index (κ3) is 4.39. The maximum Gasteiger partial charge on any atom is 0.309 e. The maximum absolute atomic E-state index is 11.9. The molecular weight excluding hydrogens is 376 g/mol. The molecule has 1 saturated heterocycles. The zero-order chi connectivity index (χ0) is 21.0. The van der Waals surface area contributed by atoms with Crippen LogP contribution in [0.1, 0.15) is 31.4 Å². The molecule has 2 atom stereocenters. The van der Waals surface area contributed by atoms with E-state index in [0.29, 0.717) is 13.2 Å². The minimum absolute atomic E-state index is 0.00296. The molecule has 1 fully saturated rings. The molecule has 0 saturated carbocycles. The minimum Gasteiger partial charge on any atom is -0.489 e. The van der Waals surface area contributed by atoms with Crippen LogP contribution in [0.3, 0.4) is 0 Å². The van der Waals surface area contributed by atoms with Crippen LogP contribution in [-0.2, 0) is 26.5 Å². The van der Waals surface area contributed by atoms with E-state index in [1.165, 1.54) is 11.1 Å². The molecule has 0 aliphatic carbocycles. The largest absolute Gasteiger partial charge is 0.489 e. The van der Waals surface area contributed by atoms with Gasteiger partial charge in [-0.3, -0.25) is 4.79 Å². The summed E-state index contributed by atoms with van der Waals surface area (Å²) in [6.45, 7) is 4.66. The fourth-order valence-electron chi connectivity index (χ4n) is 3.72. The molecule has 4 nitrogen and oxygen atoms in total. The van der Waals surface area contributed by atoms with E-state index in [2.05, 4.69) is 36.4 Å². The van der Waals surface area contributed by atoms with E-state index in [-0.39, 0.29) is 18.5 Å². The van der Waals surface area contributed by atoms with Crippen LogP contribution in [0.2, 0.25) is 0 Å². The fourth-order valence-corrected chi connectivity index (χ4v) is 3.72. The molecule has 0 bridgehead atoms. The minimum atomic E-state index is -0.571. The molecule has 0 N–H and O–H groups in total. The number of epoxide rings is 1. The van der Waals surface area contributed by atoms with Gasteiger partial charge in [0.05, 0.1) is 19.1 Å². The van der Waals surface area contributed by atoms with E-state index in [1.54, 1.807) is 0 Å². The Hall–Kier alpha value is -3.11. The van der Waals surface area contributed by atoms with Gasteiger partial charge in [0, 0.05) is 0 Å². The van der Waals surface area contributed by atoms with Crippen LogP contribution in [0.15, 0.2) is 78.9 Å². The summed E-state index contributed by atoms with van der Waals surface area (Å²) in [5.41, 5.74) is 3.90. The molecule has 30 heavy (non-hydrogen) atoms. The van der Waals surface area contributed by atoms with Gasteiger partial charge in [0.2, 0.25) is 0 Å². The summed E-state index contributed by atoms with van der Waals surface area (Å²) in [5.74, 6) is 0.548. The Morgan fingerprint density at radius 3 is 2.17 bits per heavy atom. The quantitative estimate of drug-likeness (QED) is 0.369. The molecule has 3 aromatic rings. The Balaban J connectivity index is 1.37. The lowest BCUT2D eigenvalue weighted by Gasteiger charge is -2.14. The lowest BCUT2D eigenvalue weighted by Crippen LogP contribution is -2.19. The highest BCUT2D eigenvalue weighted by Gasteiger charge is 2.56. The van der Waals surface area contributed by atoms with E-state index < -0.39 is 5.60 Å². The van der Waals surface area contributed by atoms with Crippen molar-refractivity contribution < 1.29 is 19.0 Å². The summed E-state index contributed by atoms with van der Waals surface area (Å²) in [6.07, 6.45) is 0.229. The van der Waals surface area contributed by atoms with Gasteiger partial charge in [0.15, 0.2) is 0 Å². The van der Waals surface area contributed by atoms with Crippen LogP contribution in [-0.4, -0.2) is 18.7 Å². The van der Waals surface area contributed by atoms with Crippen LogP contribution in [0.25, 0.3) is 11.1 Å². The van der Waals surface area contributed by atoms with E-state index in [9.17, 15) is 4.79 Å². The van der Waals surface area contributed by atoms with Crippen LogP contribution < -0.4 is 4.74 Å². The molecule has 2 unspecified atom stereocenters. The lowest BCUT2D eigenvalue weighted by molar-refractivity contribution is -0.144. The van der Waals surface area contributed by atoms with Gasteiger partial charge in [0.1, 0.15) is 18.0 Å². The highest BCUT2D eigenvalue weighted by Crippen LogP contribution is 2.49. The van der Waals surface area contributed by atoms with Gasteiger partial charge in [-0.15, -0.1) is 0 Å². The maximum atomic E-state index is 11.9. The number of benzene rings is 3. The van der Waals surface area contributed by atoms with E-state index in [4.69, 9.17) is 14.2 Å². The Morgan fingerprint density at radius 2 is 1.57 bits per heavy atom. The second kappa shape index (κ2) is 8.72. The van der Waals surface area contributed by atoms with Gasteiger partial charge in [-0.2, -0.15) is 0 Å². The van der Waals surface area contributed by atoms with Crippen LogP contribution in [0.5, 0.6) is 5.75 Å². The fraction of sp³-hybridized carbons (Fsp3) is 0.269. The normalized spacial score (nSPS) is 19.9. The summed E-state index contributed by atoms with van der Waals surface area (Å²) in [7, 11) is 0. The molecule has 4 rings (SSSR count). The number of hydrogen-bond acceptors (Lipinski definition) is 4. The molecule has 4 heteroatoms. The van der Waals surface area contributed by atoms with Gasteiger partial charge in [-0.1, -0.05) is 66.7 Å². The van der Waals surface area contributed by atoms with Gasteiger partial charge in [0.25, 0.3) is 0 Å². The van der Waals surface area contributed by atoms with Crippen molar-refractivity contribution in [1.29, 1.82) is 0 Å². The second-order valence-electron chi connectivity index (χ2n) is 7.51. The van der Waals surface area contributed by atoms with E-state index in [0.717, 1.165) is 16.9 Å². The molecule has 3 aromatic carbocycles. The van der Waals surface area contributed by atoms with Crippen molar-refractivity contribution in [2.75, 3.05) is 6.61 Å². The summed E-state index contributed by atoms with van der Waals surface area (Å²) in [4.78, 5) is 11.9. The van der Waals surface area contributed by atoms with E-state index in [1.807, 2.05) is 56.3 Å². The Labute approximate surface area is 177 Å². The van der Waals surface area contributed by atoms with Crippen molar-refractivity contribution in [1.82, 2.24) is 0 Å². The predicted molar refractivity (Wildman–Crippen MR) is 116 cm³/mol. The topological polar surface area (TPSA) is 48.1 Å². The molecule has 0 spiro atoms. The first-order chi connectivity index (χ1) is 14.6. The summed E-state index contributed by atoms with van der Waals surface area (Å²) in [6, 6.07) is 26.5. The predicted octanol–water partition coefficient (Wildman–Crippen LogP) is 5.50. The Bertz CT molecular complexity index is 980. The van der Waals surface area contributed by atoms with Crippen molar-refractivity contribution in [2.45, 2.75) is 38.6 Å². The lowest BCUT2D eigenvalue weighted by atomic mass is 9.92. The van der Waals surface area contributed by atoms with Crippen molar-refractivity contribution in [3.8, 4) is 16.9 Å². The van der Waals surface area contributed by atoms with Crippen LogP contribution >= 0.6 is 0 Å². The molecule has 1 aliphatic rings. The zero-order valence-electron chi connectivity index (χ0n) is 17.3. The Morgan fingerprint density at radius 1 is 0.933 bits per heavy atom. The van der Waals surface area contributed by atoms with Gasteiger partial charge in [-0.05, 0) is 48.2 Å². The number of carbonyl (C=O) groups is 1. The number of rotatable bonds is 8. The molecule has 0 aromatic heterocycles. The molecule has 1 heterocycles. The van der Waals surface area contributed by atoms with Gasteiger partial charge >= 0.3 is 5.97 Å². The molecule has 154 valence electrons. The number of hydrogen-bond donors (Lipinski definition) is 0. The first-order valence-corrected chi connectivity index (χ1v) is 10.3. The standard InChI is InChI=1S/C26H26O4/c1-3-28-25(27)17-26(19(2)30-26)23-13-15-24(16-14-23)29-18-20-9-11-22(12-10-20)21-7-5-4-6-8-21/h4-16,19H,3,17-18H2,1-2H3. The molecular formula is C26H26O4. The number of ether oxygens (including phenoxy) is 3. The monoisotopic (exact) mass is 402 g/mol. The average molecular weight is 402 g/mol. The van der Waals surface area contributed by atoms with Gasteiger partial charge in [-0.25, -0.2) is 0 Å². The zero-order valence-corrected chi connectivity index (χ0v) is 17.3. The highest BCUT2D eigenvalue weighted by molar-refractivity contribution is 5.72. The molecule has 1 aliphatic heterocycles. The third-order valence-electron chi connectivity index (χ3n) is 5.51. The average Bonchev–Trinajstić information content (AvgIpc) is 3.43. The third-order valence-corrected chi connectivity index (χ3v) is 5.51. The summed E-state index contributed by atoms with van der Waals surface area (Å²) >= 11 is 0. The van der Waals surface area contributed by atoms with Crippen LogP contribution in [0, 0.1) is 0 Å². The molecule has 0 radical (unpaired) electrons. The first kappa shape index (κ1) is 20.2. The molecule has 0 amide bonds. The smallest absolute Gasteiger partial charge is 0.309 e. The summed E-state index contributed by atoms with van der Waals surface area (Å²) in [5, 5.41) is 0. The first-order valence-electron chi connectivity index (χ1n) is 10.3. The number of esters is 1. The van der Waals surface area contributed by atoms with Crippen LogP contribution in [0.4, 0.5) is 0 Å². The van der Waals surface area contributed by atoms with E-state index >= 15 is 0 Å². The Kier molecular flexibility index (Phi) is 5.86.